The van der Waals surface area contributed by atoms with Crippen LogP contribution >= 0.6 is 23.2 Å². The number of aliphatic carboxylic acids is 1. The molecule has 1 aliphatic heterocycles. The largest absolute Gasteiger partial charge is 0.484 e. The van der Waals surface area contributed by atoms with E-state index < -0.39 is 11.9 Å². The number of amides is 1. The summed E-state index contributed by atoms with van der Waals surface area (Å²) in [5.41, 5.74) is 0. The van der Waals surface area contributed by atoms with Gasteiger partial charge in [-0.15, -0.1) is 0 Å². The zero-order valence-electron chi connectivity index (χ0n) is 12.1. The lowest BCUT2D eigenvalue weighted by Gasteiger charge is -2.34. The van der Waals surface area contributed by atoms with Gasteiger partial charge in [0.15, 0.2) is 6.61 Å². The van der Waals surface area contributed by atoms with Crippen molar-refractivity contribution in [2.45, 2.75) is 13.3 Å². The number of carbonyl (C=O) groups is 2. The highest BCUT2D eigenvalue weighted by Gasteiger charge is 2.31. The van der Waals surface area contributed by atoms with Gasteiger partial charge in [-0.3, -0.25) is 9.59 Å². The zero-order chi connectivity index (χ0) is 16.3. The van der Waals surface area contributed by atoms with Gasteiger partial charge in [0.1, 0.15) is 5.75 Å². The smallest absolute Gasteiger partial charge is 0.308 e. The van der Waals surface area contributed by atoms with Crippen LogP contribution in [0.4, 0.5) is 0 Å². The van der Waals surface area contributed by atoms with Crippen LogP contribution < -0.4 is 4.74 Å². The number of hydrogen-bond acceptors (Lipinski definition) is 3. The van der Waals surface area contributed by atoms with Crippen LogP contribution in [-0.2, 0) is 9.59 Å². The molecule has 0 bridgehead atoms. The predicted octanol–water partition coefficient (Wildman–Crippen LogP) is 2.94. The number of carbonyl (C=O) groups excluding carboxylic acids is 1. The van der Waals surface area contributed by atoms with E-state index in [4.69, 9.17) is 33.0 Å². The van der Waals surface area contributed by atoms with Gasteiger partial charge in [-0.1, -0.05) is 30.1 Å². The van der Waals surface area contributed by atoms with Crippen molar-refractivity contribution in [3.8, 4) is 5.75 Å². The Hall–Kier alpha value is -1.46. The normalized spacial score (nSPS) is 21.5. The van der Waals surface area contributed by atoms with E-state index in [0.717, 1.165) is 0 Å². The number of carboxylic acid groups (broad SMARTS) is 1. The van der Waals surface area contributed by atoms with Crippen molar-refractivity contribution in [2.24, 2.45) is 11.8 Å². The summed E-state index contributed by atoms with van der Waals surface area (Å²) < 4.78 is 5.41. The average Bonchev–Trinajstić information content (AvgIpc) is 2.47. The molecule has 0 spiro atoms. The lowest BCUT2D eigenvalue weighted by Crippen LogP contribution is -2.47. The minimum Gasteiger partial charge on any atom is -0.484 e. The summed E-state index contributed by atoms with van der Waals surface area (Å²) in [7, 11) is 0. The monoisotopic (exact) mass is 345 g/mol. The minimum absolute atomic E-state index is 0.156. The molecule has 5 nitrogen and oxygen atoms in total. The fourth-order valence-electron chi connectivity index (χ4n) is 2.54. The first kappa shape index (κ1) is 16.9. The van der Waals surface area contributed by atoms with Gasteiger partial charge in [-0.2, -0.15) is 0 Å². The molecule has 0 aromatic heterocycles. The summed E-state index contributed by atoms with van der Waals surface area (Å²) in [4.78, 5) is 24.9. The highest BCUT2D eigenvalue weighted by molar-refractivity contribution is 6.42. The molecular formula is C15H17Cl2NO4. The van der Waals surface area contributed by atoms with E-state index in [1.807, 2.05) is 6.92 Å². The first-order valence-electron chi connectivity index (χ1n) is 6.95. The number of halogens is 2. The summed E-state index contributed by atoms with van der Waals surface area (Å²) in [6.07, 6.45) is 0.590. The highest BCUT2D eigenvalue weighted by Crippen LogP contribution is 2.26. The summed E-state index contributed by atoms with van der Waals surface area (Å²) in [5, 5.41) is 9.89. The van der Waals surface area contributed by atoms with Crippen molar-refractivity contribution in [3.63, 3.8) is 0 Å². The molecule has 1 amide bonds. The van der Waals surface area contributed by atoms with Crippen LogP contribution in [-0.4, -0.2) is 41.6 Å². The van der Waals surface area contributed by atoms with Crippen LogP contribution in [0.2, 0.25) is 10.0 Å². The molecule has 1 fully saturated rings. The van der Waals surface area contributed by atoms with Gasteiger partial charge in [-0.25, -0.2) is 0 Å². The van der Waals surface area contributed by atoms with Crippen LogP contribution in [0.1, 0.15) is 13.3 Å². The Bertz CT molecular complexity index is 579. The third-order valence-electron chi connectivity index (χ3n) is 3.62. The minimum atomic E-state index is -0.866. The van der Waals surface area contributed by atoms with E-state index in [2.05, 4.69) is 0 Å². The standard InChI is InChI=1S/C15H17Cl2NO4/c1-9-4-10(15(20)21)7-18(6-9)14(19)8-22-11-2-3-12(16)13(17)5-11/h2-3,5,9-10H,4,6-8H2,1H3,(H,20,21). The van der Waals surface area contributed by atoms with Crippen LogP contribution in [0.5, 0.6) is 5.75 Å². The fourth-order valence-corrected chi connectivity index (χ4v) is 2.83. The van der Waals surface area contributed by atoms with Crippen molar-refractivity contribution in [1.29, 1.82) is 0 Å². The molecule has 1 heterocycles. The van der Waals surface area contributed by atoms with E-state index in [9.17, 15) is 9.59 Å². The Morgan fingerprint density at radius 2 is 2.05 bits per heavy atom. The third-order valence-corrected chi connectivity index (χ3v) is 4.35. The Balaban J connectivity index is 1.93. The first-order valence-corrected chi connectivity index (χ1v) is 7.71. The molecule has 2 rings (SSSR count). The van der Waals surface area contributed by atoms with Gasteiger partial charge in [0, 0.05) is 19.2 Å². The maximum absolute atomic E-state index is 12.2. The van der Waals surface area contributed by atoms with Crippen LogP contribution in [0.25, 0.3) is 0 Å². The van der Waals surface area contributed by atoms with Gasteiger partial charge in [0.25, 0.3) is 5.91 Å². The number of hydrogen-bond donors (Lipinski definition) is 1. The summed E-state index contributed by atoms with van der Waals surface area (Å²) >= 11 is 11.7. The Morgan fingerprint density at radius 1 is 1.32 bits per heavy atom. The van der Waals surface area contributed by atoms with Crippen molar-refractivity contribution < 1.29 is 19.4 Å². The molecular weight excluding hydrogens is 329 g/mol. The van der Waals surface area contributed by atoms with Crippen LogP contribution in [0.3, 0.4) is 0 Å². The topological polar surface area (TPSA) is 66.8 Å². The molecule has 1 aromatic carbocycles. The Labute approximate surface area is 138 Å². The molecule has 0 saturated carbocycles. The summed E-state index contributed by atoms with van der Waals surface area (Å²) in [6.45, 7) is 2.56. The fraction of sp³-hybridized carbons (Fsp3) is 0.467. The number of nitrogens with zero attached hydrogens (tertiary/aromatic N) is 1. The highest BCUT2D eigenvalue weighted by atomic mass is 35.5. The third kappa shape index (κ3) is 4.27. The number of piperidine rings is 1. The Morgan fingerprint density at radius 3 is 2.68 bits per heavy atom. The van der Waals surface area contributed by atoms with E-state index in [-0.39, 0.29) is 25.0 Å². The lowest BCUT2D eigenvalue weighted by molar-refractivity contribution is -0.147. The second-order valence-electron chi connectivity index (χ2n) is 5.54. The number of likely N-dealkylation sites (tertiary alicyclic amines) is 1. The van der Waals surface area contributed by atoms with Gasteiger partial charge in [0.2, 0.25) is 0 Å². The number of rotatable bonds is 4. The number of ether oxygens (including phenoxy) is 1. The van der Waals surface area contributed by atoms with Gasteiger partial charge in [0.05, 0.1) is 16.0 Å². The predicted molar refractivity (Wildman–Crippen MR) is 83.4 cm³/mol. The van der Waals surface area contributed by atoms with Crippen LogP contribution in [0.15, 0.2) is 18.2 Å². The van der Waals surface area contributed by atoms with E-state index in [0.29, 0.717) is 28.8 Å². The summed E-state index contributed by atoms with van der Waals surface area (Å²) in [6, 6.07) is 4.75. The zero-order valence-corrected chi connectivity index (χ0v) is 13.6. The molecule has 1 aromatic rings. The lowest BCUT2D eigenvalue weighted by atomic mass is 9.90. The van der Waals surface area contributed by atoms with Gasteiger partial charge < -0.3 is 14.7 Å². The maximum atomic E-state index is 12.2. The molecule has 0 radical (unpaired) electrons. The molecule has 1 N–H and O–H groups in total. The van der Waals surface area contributed by atoms with Crippen molar-refractivity contribution >= 4 is 35.1 Å². The maximum Gasteiger partial charge on any atom is 0.308 e. The molecule has 1 aliphatic rings. The van der Waals surface area contributed by atoms with Gasteiger partial charge in [-0.05, 0) is 24.5 Å². The number of benzene rings is 1. The van der Waals surface area contributed by atoms with Crippen molar-refractivity contribution in [1.82, 2.24) is 4.90 Å². The average molecular weight is 346 g/mol. The summed E-state index contributed by atoms with van der Waals surface area (Å²) in [5.74, 6) is -1.01. The quantitative estimate of drug-likeness (QED) is 0.910. The SMILES string of the molecule is CC1CC(C(=O)O)CN(C(=O)COc2ccc(Cl)c(Cl)c2)C1. The first-order chi connectivity index (χ1) is 10.4. The molecule has 2 atom stereocenters. The Kier molecular flexibility index (Phi) is 5.53. The van der Waals surface area contributed by atoms with Crippen LogP contribution in [0, 0.1) is 11.8 Å². The molecule has 1 saturated heterocycles. The van der Waals surface area contributed by atoms with Crippen molar-refractivity contribution in [2.75, 3.05) is 19.7 Å². The van der Waals surface area contributed by atoms with E-state index in [1.165, 1.54) is 6.07 Å². The van der Waals surface area contributed by atoms with E-state index in [1.54, 1.807) is 17.0 Å². The molecule has 120 valence electrons. The van der Waals surface area contributed by atoms with Gasteiger partial charge >= 0.3 is 5.97 Å². The van der Waals surface area contributed by atoms with E-state index >= 15 is 0 Å². The second kappa shape index (κ2) is 7.20. The second-order valence-corrected chi connectivity index (χ2v) is 6.35. The molecule has 22 heavy (non-hydrogen) atoms. The number of carboxylic acids is 1. The van der Waals surface area contributed by atoms with Crippen molar-refractivity contribution in [3.05, 3.63) is 28.2 Å². The molecule has 7 heteroatoms. The molecule has 2 unspecified atom stereocenters. The molecule has 0 aliphatic carbocycles.